The van der Waals surface area contributed by atoms with Crippen molar-refractivity contribution >= 4 is 50.5 Å². The molecule has 1 atom stereocenters. The van der Waals surface area contributed by atoms with Gasteiger partial charge in [-0.25, -0.2) is 0 Å². The smallest absolute Gasteiger partial charge is 0.0931 e. The normalized spacial score (nSPS) is 12.7. The Bertz CT molecular complexity index is 542. The Kier molecular flexibility index (Phi) is 5.10. The molecule has 0 saturated carbocycles. The van der Waals surface area contributed by atoms with Gasteiger partial charge in [-0.05, 0) is 36.8 Å². The SMILES string of the molecule is CC(NCc1ccc(Cl)s1)c1ccc(Br)cc1Cl. The number of hydrogen-bond donors (Lipinski definition) is 1. The summed E-state index contributed by atoms with van der Waals surface area (Å²) >= 11 is 17.1. The van der Waals surface area contributed by atoms with Gasteiger partial charge in [0.25, 0.3) is 0 Å². The highest BCUT2D eigenvalue weighted by Crippen LogP contribution is 2.27. The van der Waals surface area contributed by atoms with E-state index in [-0.39, 0.29) is 6.04 Å². The van der Waals surface area contributed by atoms with Crippen molar-refractivity contribution in [1.29, 1.82) is 0 Å². The summed E-state index contributed by atoms with van der Waals surface area (Å²) in [6.45, 7) is 2.90. The molecule has 18 heavy (non-hydrogen) atoms. The minimum absolute atomic E-state index is 0.200. The van der Waals surface area contributed by atoms with Gasteiger partial charge in [-0.15, -0.1) is 11.3 Å². The van der Waals surface area contributed by atoms with Gasteiger partial charge in [-0.1, -0.05) is 45.2 Å². The molecule has 0 bridgehead atoms. The lowest BCUT2D eigenvalue weighted by Crippen LogP contribution is -2.17. The lowest BCUT2D eigenvalue weighted by molar-refractivity contribution is 0.579. The Morgan fingerprint density at radius 3 is 2.67 bits per heavy atom. The summed E-state index contributed by atoms with van der Waals surface area (Å²) in [5, 5.41) is 4.21. The fraction of sp³-hybridized carbons (Fsp3) is 0.231. The number of rotatable bonds is 4. The van der Waals surface area contributed by atoms with E-state index in [1.807, 2.05) is 30.3 Å². The summed E-state index contributed by atoms with van der Waals surface area (Å²) in [4.78, 5) is 1.22. The van der Waals surface area contributed by atoms with Gasteiger partial charge in [-0.2, -0.15) is 0 Å². The molecule has 1 N–H and O–H groups in total. The van der Waals surface area contributed by atoms with Crippen LogP contribution in [0.5, 0.6) is 0 Å². The maximum absolute atomic E-state index is 6.22. The fourth-order valence-corrected chi connectivity index (χ4v) is 3.54. The van der Waals surface area contributed by atoms with Crippen LogP contribution in [0, 0.1) is 0 Å². The summed E-state index contributed by atoms with van der Waals surface area (Å²) in [6, 6.07) is 10.1. The van der Waals surface area contributed by atoms with Crippen LogP contribution >= 0.6 is 50.5 Å². The van der Waals surface area contributed by atoms with Crippen molar-refractivity contribution in [2.45, 2.75) is 19.5 Å². The van der Waals surface area contributed by atoms with Gasteiger partial charge in [0, 0.05) is 27.0 Å². The molecule has 1 aromatic carbocycles. The maximum Gasteiger partial charge on any atom is 0.0931 e. The van der Waals surface area contributed by atoms with Gasteiger partial charge in [0.15, 0.2) is 0 Å². The molecule has 2 rings (SSSR count). The molecule has 0 spiro atoms. The molecule has 0 aliphatic carbocycles. The first-order chi connectivity index (χ1) is 8.56. The van der Waals surface area contributed by atoms with E-state index in [2.05, 4.69) is 28.2 Å². The van der Waals surface area contributed by atoms with Gasteiger partial charge in [-0.3, -0.25) is 0 Å². The van der Waals surface area contributed by atoms with Crippen LogP contribution in [0.1, 0.15) is 23.4 Å². The highest BCUT2D eigenvalue weighted by atomic mass is 79.9. The van der Waals surface area contributed by atoms with E-state index in [1.165, 1.54) is 4.88 Å². The molecule has 0 aliphatic rings. The zero-order chi connectivity index (χ0) is 13.1. The first kappa shape index (κ1) is 14.4. The van der Waals surface area contributed by atoms with E-state index in [9.17, 15) is 0 Å². The average Bonchev–Trinajstić information content (AvgIpc) is 2.72. The number of hydrogen-bond acceptors (Lipinski definition) is 2. The van der Waals surface area contributed by atoms with Crippen molar-refractivity contribution in [3.63, 3.8) is 0 Å². The van der Waals surface area contributed by atoms with E-state index in [0.717, 1.165) is 25.9 Å². The van der Waals surface area contributed by atoms with E-state index in [4.69, 9.17) is 23.2 Å². The lowest BCUT2D eigenvalue weighted by Gasteiger charge is -2.15. The molecule has 2 aromatic rings. The predicted octanol–water partition coefficient (Wildman–Crippen LogP) is 5.67. The van der Waals surface area contributed by atoms with E-state index >= 15 is 0 Å². The van der Waals surface area contributed by atoms with Gasteiger partial charge >= 0.3 is 0 Å². The first-order valence-electron chi connectivity index (χ1n) is 5.49. The molecule has 0 saturated heterocycles. The minimum atomic E-state index is 0.200. The Balaban J connectivity index is 2.01. The van der Waals surface area contributed by atoms with Crippen molar-refractivity contribution in [3.8, 4) is 0 Å². The number of thiophene rings is 1. The summed E-state index contributed by atoms with van der Waals surface area (Å²) < 4.78 is 1.81. The van der Waals surface area contributed by atoms with Crippen LogP contribution in [0.3, 0.4) is 0 Å². The largest absolute Gasteiger partial charge is 0.305 e. The molecular weight excluding hydrogens is 353 g/mol. The number of nitrogens with one attached hydrogen (secondary N) is 1. The Morgan fingerprint density at radius 1 is 1.28 bits per heavy atom. The molecule has 1 unspecified atom stereocenters. The Morgan fingerprint density at radius 2 is 2.06 bits per heavy atom. The first-order valence-corrected chi connectivity index (χ1v) is 7.85. The van der Waals surface area contributed by atoms with Crippen LogP contribution in [0.15, 0.2) is 34.8 Å². The van der Waals surface area contributed by atoms with Crippen LogP contribution in [0.25, 0.3) is 0 Å². The number of benzene rings is 1. The molecular formula is C13H12BrCl2NS. The highest BCUT2D eigenvalue weighted by molar-refractivity contribution is 9.10. The monoisotopic (exact) mass is 363 g/mol. The molecule has 0 amide bonds. The van der Waals surface area contributed by atoms with Crippen molar-refractivity contribution in [2.75, 3.05) is 0 Å². The average molecular weight is 365 g/mol. The van der Waals surface area contributed by atoms with E-state index in [1.54, 1.807) is 11.3 Å². The third-order valence-corrected chi connectivity index (χ3v) is 4.69. The van der Waals surface area contributed by atoms with Crippen LogP contribution in [-0.4, -0.2) is 0 Å². The molecule has 5 heteroatoms. The quantitative estimate of drug-likeness (QED) is 0.737. The second-order valence-corrected chi connectivity index (χ2v) is 7.10. The Hall–Kier alpha value is -0.0600. The van der Waals surface area contributed by atoms with Crippen LogP contribution in [0.2, 0.25) is 9.36 Å². The van der Waals surface area contributed by atoms with Crippen LogP contribution < -0.4 is 5.32 Å². The van der Waals surface area contributed by atoms with E-state index in [0.29, 0.717) is 0 Å². The Labute approximate surface area is 129 Å². The molecule has 1 aromatic heterocycles. The zero-order valence-corrected chi connectivity index (χ0v) is 13.6. The molecule has 1 nitrogen and oxygen atoms in total. The zero-order valence-electron chi connectivity index (χ0n) is 9.71. The van der Waals surface area contributed by atoms with Gasteiger partial charge in [0.2, 0.25) is 0 Å². The second kappa shape index (κ2) is 6.40. The van der Waals surface area contributed by atoms with Crippen molar-refractivity contribution in [3.05, 3.63) is 54.6 Å². The second-order valence-electron chi connectivity index (χ2n) is 3.97. The molecule has 1 heterocycles. The molecule has 0 aliphatic heterocycles. The van der Waals surface area contributed by atoms with Gasteiger partial charge in [0.05, 0.1) is 4.34 Å². The molecule has 0 fully saturated rings. The summed E-state index contributed by atoms with van der Waals surface area (Å²) in [7, 11) is 0. The van der Waals surface area contributed by atoms with Crippen molar-refractivity contribution < 1.29 is 0 Å². The summed E-state index contributed by atoms with van der Waals surface area (Å²) in [5.74, 6) is 0. The third-order valence-electron chi connectivity index (χ3n) is 2.64. The van der Waals surface area contributed by atoms with Crippen molar-refractivity contribution in [2.24, 2.45) is 0 Å². The van der Waals surface area contributed by atoms with Crippen LogP contribution in [0.4, 0.5) is 0 Å². The van der Waals surface area contributed by atoms with E-state index < -0.39 is 0 Å². The standard InChI is InChI=1S/C13H12BrCl2NS/c1-8(11-4-2-9(14)6-12(11)15)17-7-10-3-5-13(16)18-10/h2-6,8,17H,7H2,1H3. The number of halogens is 3. The minimum Gasteiger partial charge on any atom is -0.305 e. The molecule has 96 valence electrons. The van der Waals surface area contributed by atoms with Crippen molar-refractivity contribution in [1.82, 2.24) is 5.32 Å². The fourth-order valence-electron chi connectivity index (χ4n) is 1.66. The van der Waals surface area contributed by atoms with Gasteiger partial charge < -0.3 is 5.32 Å². The maximum atomic E-state index is 6.22. The third kappa shape index (κ3) is 3.72. The highest BCUT2D eigenvalue weighted by Gasteiger charge is 2.10. The molecule has 0 radical (unpaired) electrons. The topological polar surface area (TPSA) is 12.0 Å². The predicted molar refractivity (Wildman–Crippen MR) is 83.7 cm³/mol. The summed E-state index contributed by atoms with van der Waals surface area (Å²) in [6.07, 6.45) is 0. The van der Waals surface area contributed by atoms with Gasteiger partial charge in [0.1, 0.15) is 0 Å². The summed E-state index contributed by atoms with van der Waals surface area (Å²) in [5.41, 5.74) is 1.10. The lowest BCUT2D eigenvalue weighted by atomic mass is 10.1. The van der Waals surface area contributed by atoms with Crippen LogP contribution in [-0.2, 0) is 6.54 Å².